The quantitative estimate of drug-likeness (QED) is 0.862. The van der Waals surface area contributed by atoms with Crippen molar-refractivity contribution in [3.05, 3.63) is 47.5 Å². The first-order valence-electron chi connectivity index (χ1n) is 6.46. The van der Waals surface area contributed by atoms with Crippen molar-refractivity contribution in [3.63, 3.8) is 0 Å². The Balaban J connectivity index is 0.00000220. The molecule has 2 aromatic rings. The Morgan fingerprint density at radius 3 is 2.68 bits per heavy atom. The van der Waals surface area contributed by atoms with Crippen LogP contribution in [0.15, 0.2) is 30.7 Å². The molecule has 0 aliphatic carbocycles. The molecule has 122 valence electrons. The Labute approximate surface area is 142 Å². The number of hydrogen-bond acceptors (Lipinski definition) is 4. The molecule has 0 saturated heterocycles. The Hall–Kier alpha value is -1.63. The van der Waals surface area contributed by atoms with Crippen molar-refractivity contribution in [1.82, 2.24) is 25.4 Å². The summed E-state index contributed by atoms with van der Waals surface area (Å²) >= 11 is 0. The predicted molar refractivity (Wildman–Crippen MR) is 90.3 cm³/mol. The van der Waals surface area contributed by atoms with E-state index >= 15 is 0 Å². The summed E-state index contributed by atoms with van der Waals surface area (Å²) in [6.07, 6.45) is 5.24. The van der Waals surface area contributed by atoms with E-state index in [1.165, 1.54) is 0 Å². The fourth-order valence-corrected chi connectivity index (χ4v) is 2.01. The van der Waals surface area contributed by atoms with Crippen molar-refractivity contribution >= 4 is 30.7 Å². The fourth-order valence-electron chi connectivity index (χ4n) is 2.01. The molecule has 8 heteroatoms. The minimum atomic E-state index is -0.410. The number of hydrogen-bond donors (Lipinski definition) is 2. The molecule has 1 atom stereocenters. The van der Waals surface area contributed by atoms with E-state index in [-0.39, 0.29) is 30.7 Å². The highest BCUT2D eigenvalue weighted by Crippen LogP contribution is 2.11. The Morgan fingerprint density at radius 1 is 1.41 bits per heavy atom. The van der Waals surface area contributed by atoms with Gasteiger partial charge in [-0.05, 0) is 25.6 Å². The molecule has 22 heavy (non-hydrogen) atoms. The lowest BCUT2D eigenvalue weighted by Gasteiger charge is -2.14. The van der Waals surface area contributed by atoms with Gasteiger partial charge in [0.05, 0.1) is 18.4 Å². The molecule has 6 nitrogen and oxygen atoms in total. The molecule has 1 amide bonds. The molecule has 0 saturated carbocycles. The summed E-state index contributed by atoms with van der Waals surface area (Å²) < 4.78 is 1.68. The van der Waals surface area contributed by atoms with Crippen LogP contribution in [0.3, 0.4) is 0 Å². The van der Waals surface area contributed by atoms with Crippen molar-refractivity contribution in [3.8, 4) is 0 Å². The van der Waals surface area contributed by atoms with Crippen LogP contribution in [0.4, 0.5) is 0 Å². The lowest BCUT2D eigenvalue weighted by atomic mass is 10.1. The van der Waals surface area contributed by atoms with Gasteiger partial charge in [0.2, 0.25) is 5.91 Å². The molecule has 2 heterocycles. The van der Waals surface area contributed by atoms with Crippen molar-refractivity contribution in [2.45, 2.75) is 19.5 Å². The van der Waals surface area contributed by atoms with Crippen LogP contribution in [-0.4, -0.2) is 27.7 Å². The Kier molecular flexibility index (Phi) is 8.70. The van der Waals surface area contributed by atoms with Gasteiger partial charge >= 0.3 is 0 Å². The number of likely N-dealkylation sites (N-methyl/N-ethyl adjacent to an activating group) is 1. The second-order valence-electron chi connectivity index (χ2n) is 4.65. The third-order valence-corrected chi connectivity index (χ3v) is 3.16. The largest absolute Gasteiger partial charge is 0.349 e. The summed E-state index contributed by atoms with van der Waals surface area (Å²) in [6.45, 7) is 2.40. The lowest BCUT2D eigenvalue weighted by Crippen LogP contribution is -2.35. The first kappa shape index (κ1) is 20.4. The van der Waals surface area contributed by atoms with Gasteiger partial charge in [-0.2, -0.15) is 5.10 Å². The number of aromatic nitrogens is 3. The molecule has 0 aliphatic heterocycles. The van der Waals surface area contributed by atoms with Crippen LogP contribution in [0.5, 0.6) is 0 Å². The van der Waals surface area contributed by atoms with Gasteiger partial charge < -0.3 is 10.6 Å². The third-order valence-electron chi connectivity index (χ3n) is 3.16. The van der Waals surface area contributed by atoms with E-state index in [1.807, 2.05) is 32.3 Å². The molecular formula is C14H21Cl2N5O. The predicted octanol–water partition coefficient (Wildman–Crippen LogP) is 1.54. The van der Waals surface area contributed by atoms with Gasteiger partial charge in [-0.3, -0.25) is 14.5 Å². The highest BCUT2D eigenvalue weighted by molar-refractivity contribution is 5.85. The van der Waals surface area contributed by atoms with Gasteiger partial charge in [-0.15, -0.1) is 24.8 Å². The smallest absolute Gasteiger partial charge is 0.242 e. The number of nitrogens with zero attached hydrogens (tertiary/aromatic N) is 3. The van der Waals surface area contributed by atoms with E-state index in [0.29, 0.717) is 6.54 Å². The molecule has 0 spiro atoms. The number of rotatable bonds is 5. The average Bonchev–Trinajstić information content (AvgIpc) is 2.85. The van der Waals surface area contributed by atoms with Crippen LogP contribution in [0.2, 0.25) is 0 Å². The second-order valence-corrected chi connectivity index (χ2v) is 4.65. The zero-order valence-corrected chi connectivity index (χ0v) is 14.4. The van der Waals surface area contributed by atoms with Gasteiger partial charge in [-0.25, -0.2) is 0 Å². The van der Waals surface area contributed by atoms with E-state index in [4.69, 9.17) is 0 Å². The van der Waals surface area contributed by atoms with Crippen molar-refractivity contribution in [1.29, 1.82) is 0 Å². The maximum atomic E-state index is 12.2. The molecule has 2 aromatic heterocycles. The molecule has 2 rings (SSSR count). The molecular weight excluding hydrogens is 325 g/mol. The van der Waals surface area contributed by atoms with Crippen molar-refractivity contribution in [2.24, 2.45) is 7.05 Å². The number of aryl methyl sites for hydroxylation is 2. The van der Waals surface area contributed by atoms with Crippen molar-refractivity contribution < 1.29 is 4.79 Å². The summed E-state index contributed by atoms with van der Waals surface area (Å²) in [5, 5.41) is 9.98. The molecule has 0 bridgehead atoms. The summed E-state index contributed by atoms with van der Waals surface area (Å²) in [5.41, 5.74) is 2.78. The minimum Gasteiger partial charge on any atom is -0.349 e. The molecule has 0 aliphatic rings. The standard InChI is InChI=1S/C14H19N5O.2ClH/c1-10-5-4-6-16-12(10)8-17-14(20)13(15-2)11-7-18-19(3)9-11;;/h4-7,9,13,15H,8H2,1-3H3,(H,17,20);2*1H. The van der Waals surface area contributed by atoms with Crippen molar-refractivity contribution in [2.75, 3.05) is 7.05 Å². The number of pyridine rings is 1. The molecule has 0 aromatic carbocycles. The van der Waals surface area contributed by atoms with Gasteiger partial charge in [0.15, 0.2) is 0 Å². The average molecular weight is 346 g/mol. The van der Waals surface area contributed by atoms with Gasteiger partial charge in [0.25, 0.3) is 0 Å². The highest BCUT2D eigenvalue weighted by Gasteiger charge is 2.19. The first-order chi connectivity index (χ1) is 9.61. The molecule has 0 fully saturated rings. The third kappa shape index (κ3) is 4.98. The van der Waals surface area contributed by atoms with Crippen LogP contribution in [0.25, 0.3) is 0 Å². The SMILES string of the molecule is CNC(C(=O)NCc1ncccc1C)c1cnn(C)c1.Cl.Cl. The second kappa shape index (κ2) is 9.40. The van der Waals surface area contributed by atoms with Crippen LogP contribution in [-0.2, 0) is 18.4 Å². The first-order valence-corrected chi connectivity index (χ1v) is 6.46. The minimum absolute atomic E-state index is 0. The summed E-state index contributed by atoms with van der Waals surface area (Å²) in [7, 11) is 3.58. The highest BCUT2D eigenvalue weighted by atomic mass is 35.5. The topological polar surface area (TPSA) is 71.8 Å². The molecule has 0 radical (unpaired) electrons. The van der Waals surface area contributed by atoms with Crippen LogP contribution >= 0.6 is 24.8 Å². The normalized spacial score (nSPS) is 11.0. The number of carbonyl (C=O) groups excluding carboxylic acids is 1. The lowest BCUT2D eigenvalue weighted by molar-refractivity contribution is -0.123. The van der Waals surface area contributed by atoms with Crippen LogP contribution in [0.1, 0.15) is 22.9 Å². The fraction of sp³-hybridized carbons (Fsp3) is 0.357. The number of halogens is 2. The van der Waals surface area contributed by atoms with E-state index in [2.05, 4.69) is 20.7 Å². The maximum Gasteiger partial charge on any atom is 0.242 e. The summed E-state index contributed by atoms with van der Waals surface area (Å²) in [4.78, 5) is 16.5. The van der Waals surface area contributed by atoms with E-state index in [1.54, 1.807) is 24.1 Å². The van der Waals surface area contributed by atoms with Gasteiger partial charge in [-0.1, -0.05) is 6.07 Å². The van der Waals surface area contributed by atoms with E-state index in [0.717, 1.165) is 16.8 Å². The summed E-state index contributed by atoms with van der Waals surface area (Å²) in [6, 6.07) is 3.45. The molecule has 1 unspecified atom stereocenters. The van der Waals surface area contributed by atoms with Gasteiger partial charge in [0.1, 0.15) is 6.04 Å². The van der Waals surface area contributed by atoms with Crippen LogP contribution in [0, 0.1) is 6.92 Å². The number of carbonyl (C=O) groups is 1. The van der Waals surface area contributed by atoms with E-state index < -0.39 is 6.04 Å². The Bertz CT molecular complexity index is 602. The maximum absolute atomic E-state index is 12.2. The van der Waals surface area contributed by atoms with E-state index in [9.17, 15) is 4.79 Å². The number of amides is 1. The molecule has 2 N–H and O–H groups in total. The van der Waals surface area contributed by atoms with Crippen LogP contribution < -0.4 is 10.6 Å². The zero-order valence-electron chi connectivity index (χ0n) is 12.7. The zero-order chi connectivity index (χ0) is 14.5. The monoisotopic (exact) mass is 345 g/mol. The summed E-state index contributed by atoms with van der Waals surface area (Å²) in [5.74, 6) is -0.0921. The Morgan fingerprint density at radius 2 is 2.14 bits per heavy atom. The number of nitrogens with one attached hydrogen (secondary N) is 2. The van der Waals surface area contributed by atoms with Gasteiger partial charge in [0, 0.05) is 25.0 Å².